The summed E-state index contributed by atoms with van der Waals surface area (Å²) in [5.41, 5.74) is 7.51. The summed E-state index contributed by atoms with van der Waals surface area (Å²) >= 11 is 1.65. The molecule has 0 bridgehead atoms. The van der Waals surface area contributed by atoms with Crippen molar-refractivity contribution >= 4 is 11.3 Å². The number of rotatable bonds is 4. The summed E-state index contributed by atoms with van der Waals surface area (Å²) < 4.78 is 5.48. The van der Waals surface area contributed by atoms with Crippen LogP contribution >= 0.6 is 11.3 Å². The van der Waals surface area contributed by atoms with E-state index in [1.54, 1.807) is 18.4 Å². The van der Waals surface area contributed by atoms with Crippen molar-refractivity contribution in [3.63, 3.8) is 0 Å². The fourth-order valence-corrected chi connectivity index (χ4v) is 2.83. The van der Waals surface area contributed by atoms with Gasteiger partial charge in [0.05, 0.1) is 10.6 Å². The van der Waals surface area contributed by atoms with Crippen LogP contribution in [0.4, 0.5) is 0 Å². The minimum Gasteiger partial charge on any atom is -0.372 e. The maximum atomic E-state index is 5.79. The van der Waals surface area contributed by atoms with Gasteiger partial charge in [0, 0.05) is 13.7 Å². The lowest BCUT2D eigenvalue weighted by atomic mass is 10.1. The predicted molar refractivity (Wildman–Crippen MR) is 75.5 cm³/mol. The molecule has 2 rings (SSSR count). The summed E-state index contributed by atoms with van der Waals surface area (Å²) in [7, 11) is 1.70. The van der Waals surface area contributed by atoms with E-state index >= 15 is 0 Å². The molecule has 0 aliphatic carbocycles. The lowest BCUT2D eigenvalue weighted by molar-refractivity contribution is 0.0189. The number of hydrogen-bond donors (Lipinski definition) is 1. The molecule has 1 heterocycles. The molecule has 3 nitrogen and oxygen atoms in total. The van der Waals surface area contributed by atoms with E-state index in [0.29, 0.717) is 6.54 Å². The average molecular weight is 262 g/mol. The minimum absolute atomic E-state index is 0.373. The number of ether oxygens (including phenoxy) is 1. The topological polar surface area (TPSA) is 48.1 Å². The van der Waals surface area contributed by atoms with Crippen LogP contribution in [0.15, 0.2) is 30.3 Å². The van der Waals surface area contributed by atoms with Crippen LogP contribution in [-0.4, -0.2) is 12.1 Å². The lowest BCUT2D eigenvalue weighted by Crippen LogP contribution is -2.19. The van der Waals surface area contributed by atoms with Crippen LogP contribution in [0, 0.1) is 0 Å². The zero-order chi connectivity index (χ0) is 13.2. The highest BCUT2D eigenvalue weighted by Crippen LogP contribution is 2.36. The van der Waals surface area contributed by atoms with Crippen molar-refractivity contribution in [3.05, 3.63) is 41.0 Å². The lowest BCUT2D eigenvalue weighted by Gasteiger charge is -2.19. The smallest absolute Gasteiger partial charge is 0.125 e. The van der Waals surface area contributed by atoms with Gasteiger partial charge in [-0.3, -0.25) is 0 Å². The second-order valence-corrected chi connectivity index (χ2v) is 5.58. The van der Waals surface area contributed by atoms with E-state index in [2.05, 4.69) is 17.1 Å². The summed E-state index contributed by atoms with van der Waals surface area (Å²) in [6, 6.07) is 10.2. The SMILES string of the molecule is COC(C)(C)c1nc(CN)c(-c2ccccc2)s1. The van der Waals surface area contributed by atoms with Crippen molar-refractivity contribution in [1.29, 1.82) is 0 Å². The zero-order valence-corrected chi connectivity index (χ0v) is 11.8. The predicted octanol–water partition coefficient (Wildman–Crippen LogP) is 3.15. The third kappa shape index (κ3) is 2.46. The average Bonchev–Trinajstić information content (AvgIpc) is 2.84. The Kier molecular flexibility index (Phi) is 3.80. The van der Waals surface area contributed by atoms with Crippen LogP contribution in [0.3, 0.4) is 0 Å². The summed E-state index contributed by atoms with van der Waals surface area (Å²) in [6.07, 6.45) is 0. The van der Waals surface area contributed by atoms with E-state index in [0.717, 1.165) is 21.1 Å². The highest BCUT2D eigenvalue weighted by Gasteiger charge is 2.25. The van der Waals surface area contributed by atoms with Crippen LogP contribution in [0.2, 0.25) is 0 Å². The summed E-state index contributed by atoms with van der Waals surface area (Å²) in [5.74, 6) is 0. The third-order valence-corrected chi connectivity index (χ3v) is 4.40. The second-order valence-electron chi connectivity index (χ2n) is 4.58. The Morgan fingerprint density at radius 1 is 1.28 bits per heavy atom. The van der Waals surface area contributed by atoms with Gasteiger partial charge in [-0.15, -0.1) is 11.3 Å². The molecule has 0 unspecified atom stereocenters. The first-order valence-electron chi connectivity index (χ1n) is 5.89. The van der Waals surface area contributed by atoms with E-state index in [4.69, 9.17) is 10.5 Å². The summed E-state index contributed by atoms with van der Waals surface area (Å²) in [4.78, 5) is 5.75. The van der Waals surface area contributed by atoms with E-state index < -0.39 is 0 Å². The van der Waals surface area contributed by atoms with Crippen LogP contribution in [0.25, 0.3) is 10.4 Å². The monoisotopic (exact) mass is 262 g/mol. The van der Waals surface area contributed by atoms with Gasteiger partial charge in [-0.1, -0.05) is 30.3 Å². The molecule has 0 aliphatic rings. The number of nitrogens with zero attached hydrogens (tertiary/aromatic N) is 1. The molecule has 0 saturated carbocycles. The normalized spacial score (nSPS) is 11.8. The molecular weight excluding hydrogens is 244 g/mol. The van der Waals surface area contributed by atoms with E-state index in [1.807, 2.05) is 32.0 Å². The number of aromatic nitrogens is 1. The van der Waals surface area contributed by atoms with Gasteiger partial charge in [-0.05, 0) is 19.4 Å². The van der Waals surface area contributed by atoms with Crippen molar-refractivity contribution in [2.75, 3.05) is 7.11 Å². The number of hydrogen-bond acceptors (Lipinski definition) is 4. The Balaban J connectivity index is 2.49. The second kappa shape index (κ2) is 5.18. The highest BCUT2D eigenvalue weighted by atomic mass is 32.1. The number of nitrogens with two attached hydrogens (primary N) is 1. The highest BCUT2D eigenvalue weighted by molar-refractivity contribution is 7.15. The van der Waals surface area contributed by atoms with Gasteiger partial charge >= 0.3 is 0 Å². The van der Waals surface area contributed by atoms with Crippen molar-refractivity contribution < 1.29 is 4.74 Å². The molecule has 0 amide bonds. The minimum atomic E-state index is -0.373. The van der Waals surface area contributed by atoms with Gasteiger partial charge < -0.3 is 10.5 Å². The zero-order valence-electron chi connectivity index (χ0n) is 10.9. The number of methoxy groups -OCH3 is 1. The Bertz CT molecular complexity index is 520. The Morgan fingerprint density at radius 3 is 2.50 bits per heavy atom. The molecule has 0 aliphatic heterocycles. The summed E-state index contributed by atoms with van der Waals surface area (Å²) in [6.45, 7) is 4.47. The van der Waals surface area contributed by atoms with Gasteiger partial charge in [-0.2, -0.15) is 0 Å². The first-order chi connectivity index (χ1) is 8.58. The molecule has 0 atom stereocenters. The van der Waals surface area contributed by atoms with Gasteiger partial charge in [-0.25, -0.2) is 4.98 Å². The maximum absolute atomic E-state index is 5.79. The molecule has 1 aromatic carbocycles. The maximum Gasteiger partial charge on any atom is 0.125 e. The van der Waals surface area contributed by atoms with Crippen molar-refractivity contribution in [2.45, 2.75) is 26.0 Å². The van der Waals surface area contributed by atoms with Crippen LogP contribution in [0.5, 0.6) is 0 Å². The van der Waals surface area contributed by atoms with E-state index in [9.17, 15) is 0 Å². The first-order valence-corrected chi connectivity index (χ1v) is 6.71. The van der Waals surface area contributed by atoms with Crippen molar-refractivity contribution in [3.8, 4) is 10.4 Å². The molecule has 1 aromatic heterocycles. The van der Waals surface area contributed by atoms with Gasteiger partial charge in [0.15, 0.2) is 0 Å². The van der Waals surface area contributed by atoms with Crippen molar-refractivity contribution in [2.24, 2.45) is 5.73 Å². The molecule has 4 heteroatoms. The van der Waals surface area contributed by atoms with E-state index in [-0.39, 0.29) is 5.60 Å². The Hall–Kier alpha value is -1.23. The third-order valence-electron chi connectivity index (χ3n) is 2.95. The largest absolute Gasteiger partial charge is 0.372 e. The van der Waals surface area contributed by atoms with Gasteiger partial charge in [0.2, 0.25) is 0 Å². The molecular formula is C14H18N2OS. The fourth-order valence-electron chi connectivity index (χ4n) is 1.65. The molecule has 0 spiro atoms. The fraction of sp³-hybridized carbons (Fsp3) is 0.357. The molecule has 96 valence electrons. The van der Waals surface area contributed by atoms with Crippen molar-refractivity contribution in [1.82, 2.24) is 4.98 Å². The molecule has 2 N–H and O–H groups in total. The standard InChI is InChI=1S/C14H18N2OS/c1-14(2,17-3)13-16-11(9-15)12(18-13)10-7-5-4-6-8-10/h4-8H,9,15H2,1-3H3. The molecule has 2 aromatic rings. The quantitative estimate of drug-likeness (QED) is 0.920. The Labute approximate surface area is 112 Å². The number of thiazole rings is 1. The molecule has 0 saturated heterocycles. The van der Waals surface area contributed by atoms with Crippen LogP contribution < -0.4 is 5.73 Å². The molecule has 0 fully saturated rings. The van der Waals surface area contributed by atoms with Gasteiger partial charge in [0.25, 0.3) is 0 Å². The summed E-state index contributed by atoms with van der Waals surface area (Å²) in [5, 5.41) is 0.962. The first kappa shape index (κ1) is 13.2. The van der Waals surface area contributed by atoms with E-state index in [1.165, 1.54) is 0 Å². The molecule has 18 heavy (non-hydrogen) atoms. The van der Waals surface area contributed by atoms with Gasteiger partial charge in [0.1, 0.15) is 10.6 Å². The molecule has 0 radical (unpaired) electrons. The van der Waals surface area contributed by atoms with Crippen LogP contribution in [-0.2, 0) is 16.9 Å². The Morgan fingerprint density at radius 2 is 1.94 bits per heavy atom. The number of benzene rings is 1. The van der Waals surface area contributed by atoms with Crippen LogP contribution in [0.1, 0.15) is 24.5 Å².